The third-order valence-electron chi connectivity index (χ3n) is 6.75. The molecule has 0 aromatic heterocycles. The van der Waals surface area contributed by atoms with Crippen LogP contribution in [0.2, 0.25) is 5.02 Å². The molecule has 4 rings (SSSR count). The second-order valence-electron chi connectivity index (χ2n) is 8.94. The highest BCUT2D eigenvalue weighted by Gasteiger charge is 2.52. The summed E-state index contributed by atoms with van der Waals surface area (Å²) in [7, 11) is 0. The van der Waals surface area contributed by atoms with Gasteiger partial charge in [0.15, 0.2) is 5.60 Å². The Labute approximate surface area is 218 Å². The topological polar surface area (TPSA) is 81.1 Å². The molecule has 2 N–H and O–H groups in total. The van der Waals surface area contributed by atoms with Gasteiger partial charge in [0.1, 0.15) is 0 Å². The number of aliphatic hydroxyl groups is 2. The van der Waals surface area contributed by atoms with Crippen molar-refractivity contribution in [3.63, 3.8) is 0 Å². The van der Waals surface area contributed by atoms with Crippen LogP contribution in [-0.4, -0.2) is 46.1 Å². The van der Waals surface area contributed by atoms with Crippen LogP contribution in [-0.2, 0) is 21.7 Å². The van der Waals surface area contributed by atoms with Crippen LogP contribution in [0.25, 0.3) is 0 Å². The highest BCUT2D eigenvalue weighted by Crippen LogP contribution is 2.46. The van der Waals surface area contributed by atoms with Crippen LogP contribution in [0.15, 0.2) is 54.6 Å². The van der Waals surface area contributed by atoms with Gasteiger partial charge in [-0.2, -0.15) is 0 Å². The van der Waals surface area contributed by atoms with E-state index in [4.69, 9.17) is 11.6 Å². The summed E-state index contributed by atoms with van der Waals surface area (Å²) in [4.78, 5) is 29.5. The minimum absolute atomic E-state index is 0.0338. The first kappa shape index (κ1) is 25.2. The zero-order chi connectivity index (χ0) is 24.5. The number of anilines is 1. The van der Waals surface area contributed by atoms with Crippen molar-refractivity contribution in [3.8, 4) is 0 Å². The lowest BCUT2D eigenvalue weighted by Crippen LogP contribution is -2.44. The first-order valence-corrected chi connectivity index (χ1v) is 12.9. The van der Waals surface area contributed by atoms with Gasteiger partial charge in [-0.25, -0.2) is 0 Å². The number of amides is 2. The number of fused-ring (bicyclic) bond motifs is 1. The van der Waals surface area contributed by atoms with Crippen LogP contribution in [0.3, 0.4) is 0 Å². The second-order valence-corrected chi connectivity index (χ2v) is 10.6. The lowest BCUT2D eigenvalue weighted by Gasteiger charge is -2.28. The molecular weight excluding hydrogens is 567 g/mol. The smallest absolute Gasteiger partial charge is 0.264 e. The number of halogens is 2. The van der Waals surface area contributed by atoms with Gasteiger partial charge in [-0.1, -0.05) is 42.8 Å². The first-order valence-electron chi connectivity index (χ1n) is 11.4. The number of benzene rings is 2. The zero-order valence-electron chi connectivity index (χ0n) is 19.0. The Bertz CT molecular complexity index is 1120. The molecule has 8 heteroatoms. The molecule has 2 aromatic rings. The second kappa shape index (κ2) is 10.4. The van der Waals surface area contributed by atoms with Gasteiger partial charge in [0.25, 0.3) is 5.91 Å². The summed E-state index contributed by atoms with van der Waals surface area (Å²) in [6, 6.07) is 12.9. The van der Waals surface area contributed by atoms with E-state index >= 15 is 0 Å². The van der Waals surface area contributed by atoms with Crippen molar-refractivity contribution in [1.82, 2.24) is 4.90 Å². The Morgan fingerprint density at radius 2 is 2.12 bits per heavy atom. The van der Waals surface area contributed by atoms with Gasteiger partial charge in [-0.15, -0.1) is 0 Å². The van der Waals surface area contributed by atoms with Gasteiger partial charge in [-0.3, -0.25) is 9.59 Å². The summed E-state index contributed by atoms with van der Waals surface area (Å²) < 4.78 is 1.07. The number of hydrogen-bond donors (Lipinski definition) is 2. The largest absolute Gasteiger partial charge is 0.394 e. The fourth-order valence-corrected chi connectivity index (χ4v) is 5.66. The molecule has 1 saturated heterocycles. The molecule has 2 aliphatic rings. The van der Waals surface area contributed by atoms with Crippen LogP contribution < -0.4 is 4.90 Å². The lowest BCUT2D eigenvalue weighted by atomic mass is 9.83. The molecule has 180 valence electrons. The summed E-state index contributed by atoms with van der Waals surface area (Å²) >= 11 is 8.48. The van der Waals surface area contributed by atoms with Gasteiger partial charge in [0.05, 0.1) is 24.9 Å². The number of likely N-dealkylation sites (tertiary alicyclic amines) is 1. The summed E-state index contributed by atoms with van der Waals surface area (Å²) in [6.45, 7) is 2.72. The minimum atomic E-state index is -1.79. The third-order valence-corrected chi connectivity index (χ3v) is 7.65. The summed E-state index contributed by atoms with van der Waals surface area (Å²) in [6.07, 6.45) is 5.28. The molecule has 1 fully saturated rings. The molecule has 0 aliphatic carbocycles. The van der Waals surface area contributed by atoms with Crippen molar-refractivity contribution in [2.75, 3.05) is 18.1 Å². The Morgan fingerprint density at radius 3 is 2.85 bits per heavy atom. The number of nitrogens with zero attached hydrogens (tertiary/aromatic N) is 2. The van der Waals surface area contributed by atoms with Gasteiger partial charge < -0.3 is 20.0 Å². The van der Waals surface area contributed by atoms with E-state index < -0.39 is 17.4 Å². The molecule has 3 atom stereocenters. The maximum absolute atomic E-state index is 13.6. The van der Waals surface area contributed by atoms with Crippen molar-refractivity contribution >= 4 is 51.7 Å². The summed E-state index contributed by atoms with van der Waals surface area (Å²) in [5.74, 6) is -1.06. The molecular formula is C26H28ClIN2O4. The molecule has 0 unspecified atom stereocenters. The third kappa shape index (κ3) is 4.76. The van der Waals surface area contributed by atoms with E-state index in [-0.39, 0.29) is 25.0 Å². The molecule has 2 aliphatic heterocycles. The fourth-order valence-electron chi connectivity index (χ4n) is 4.88. The van der Waals surface area contributed by atoms with Crippen LogP contribution >= 0.6 is 34.2 Å². The highest BCUT2D eigenvalue weighted by molar-refractivity contribution is 14.1. The Hall–Kier alpha value is -1.94. The predicted molar refractivity (Wildman–Crippen MR) is 140 cm³/mol. The SMILES string of the molecule is C[C@H](/C=C/CC(=O)N1CCC[C@H]1CO)[C@@]1(O)C(=O)N(Cc2cccc(I)c2)c2ccc(Cl)cc21. The van der Waals surface area contributed by atoms with Crippen molar-refractivity contribution in [1.29, 1.82) is 0 Å². The van der Waals surface area contributed by atoms with Crippen LogP contribution in [0.5, 0.6) is 0 Å². The van der Waals surface area contributed by atoms with Crippen LogP contribution in [0.4, 0.5) is 5.69 Å². The average Bonchev–Trinajstić information content (AvgIpc) is 3.37. The van der Waals surface area contributed by atoms with Gasteiger partial charge >= 0.3 is 0 Å². The van der Waals surface area contributed by atoms with E-state index in [2.05, 4.69) is 22.6 Å². The average molecular weight is 595 g/mol. The normalized spacial score (nSPS) is 23.1. The Kier molecular flexibility index (Phi) is 7.66. The first-order chi connectivity index (χ1) is 16.3. The highest BCUT2D eigenvalue weighted by atomic mass is 127. The predicted octanol–water partition coefficient (Wildman–Crippen LogP) is 4.24. The summed E-state index contributed by atoms with van der Waals surface area (Å²) in [5, 5.41) is 21.6. The van der Waals surface area contributed by atoms with E-state index in [1.807, 2.05) is 24.3 Å². The van der Waals surface area contributed by atoms with E-state index in [1.165, 1.54) is 0 Å². The van der Waals surface area contributed by atoms with Gasteiger partial charge in [0, 0.05) is 33.0 Å². The monoisotopic (exact) mass is 594 g/mol. The quantitative estimate of drug-likeness (QED) is 0.371. The molecule has 0 radical (unpaired) electrons. The van der Waals surface area contributed by atoms with Crippen molar-refractivity contribution < 1.29 is 19.8 Å². The van der Waals surface area contributed by atoms with Crippen LogP contribution in [0, 0.1) is 9.49 Å². The van der Waals surface area contributed by atoms with E-state index in [1.54, 1.807) is 47.1 Å². The number of rotatable bonds is 7. The maximum atomic E-state index is 13.6. The molecule has 2 heterocycles. The summed E-state index contributed by atoms with van der Waals surface area (Å²) in [5.41, 5.74) is 0.278. The standard InChI is InChI=1S/C26H28ClIN2O4/c1-17(5-2-9-24(32)29-12-4-8-21(29)16-31)26(34)22-14-19(27)10-11-23(22)30(25(26)33)15-18-6-3-7-20(28)13-18/h2-3,5-7,10-11,13-14,17,21,31,34H,4,8-9,12,15-16H2,1H3/b5-2+/t17-,21+,26+/m1/s1. The lowest BCUT2D eigenvalue weighted by molar-refractivity contribution is -0.139. The number of aliphatic hydroxyl groups excluding tert-OH is 1. The zero-order valence-corrected chi connectivity index (χ0v) is 21.9. The van der Waals surface area contributed by atoms with E-state index in [0.29, 0.717) is 29.4 Å². The molecule has 34 heavy (non-hydrogen) atoms. The number of hydrogen-bond acceptors (Lipinski definition) is 4. The Balaban J connectivity index is 1.56. The van der Waals surface area contributed by atoms with Gasteiger partial charge in [0.2, 0.25) is 5.91 Å². The van der Waals surface area contributed by atoms with Crippen molar-refractivity contribution in [2.24, 2.45) is 5.92 Å². The number of carbonyl (C=O) groups excluding carboxylic acids is 2. The van der Waals surface area contributed by atoms with Crippen molar-refractivity contribution in [2.45, 2.75) is 44.4 Å². The molecule has 6 nitrogen and oxygen atoms in total. The number of carbonyl (C=O) groups is 2. The van der Waals surface area contributed by atoms with Crippen LogP contribution in [0.1, 0.15) is 37.3 Å². The molecule has 2 amide bonds. The fraction of sp³-hybridized carbons (Fsp3) is 0.385. The molecule has 0 saturated carbocycles. The molecule has 2 aromatic carbocycles. The maximum Gasteiger partial charge on any atom is 0.264 e. The molecule has 0 bridgehead atoms. The minimum Gasteiger partial charge on any atom is -0.394 e. The van der Waals surface area contributed by atoms with Crippen molar-refractivity contribution in [3.05, 3.63) is 74.3 Å². The molecule has 0 spiro atoms. The van der Waals surface area contributed by atoms with E-state index in [9.17, 15) is 19.8 Å². The van der Waals surface area contributed by atoms with E-state index in [0.717, 1.165) is 22.0 Å². The van der Waals surface area contributed by atoms with Gasteiger partial charge in [-0.05, 0) is 71.3 Å². The Morgan fingerprint density at radius 1 is 1.32 bits per heavy atom.